The van der Waals surface area contributed by atoms with Crippen LogP contribution in [-0.4, -0.2) is 19.6 Å². The summed E-state index contributed by atoms with van der Waals surface area (Å²) in [6.45, 7) is 4.19. The fourth-order valence-electron chi connectivity index (χ4n) is 5.50. The topological polar surface area (TPSA) is 54.2 Å². The Morgan fingerprint density at radius 1 is 0.762 bits per heavy atom. The smallest absolute Gasteiger partial charge is 0.139 e. The fraction of sp³-hybridized carbons (Fsp3) is 0.0556. The van der Waals surface area contributed by atoms with E-state index in [-0.39, 0.29) is 26.8 Å². The van der Waals surface area contributed by atoms with E-state index in [0.29, 0.717) is 5.69 Å². The summed E-state index contributed by atoms with van der Waals surface area (Å²) in [4.78, 5) is 12.0. The summed E-state index contributed by atoms with van der Waals surface area (Å²) in [7, 11) is 0. The summed E-state index contributed by atoms with van der Waals surface area (Å²) in [6, 6.07) is 41.8. The molecule has 0 amide bonds. The van der Waals surface area contributed by atoms with Gasteiger partial charge < -0.3 is 10.0 Å². The van der Waals surface area contributed by atoms with Crippen molar-refractivity contribution in [3.63, 3.8) is 0 Å². The molecule has 0 saturated carbocycles. The predicted molar refractivity (Wildman–Crippen MR) is 166 cm³/mol. The Hall–Kier alpha value is -4.73. The zero-order valence-electron chi connectivity index (χ0n) is 23.1. The van der Waals surface area contributed by atoms with E-state index in [2.05, 4.69) is 70.8 Å². The van der Waals surface area contributed by atoms with Gasteiger partial charge in [0.05, 0.1) is 11.2 Å². The number of aromatic nitrogens is 3. The van der Waals surface area contributed by atoms with Gasteiger partial charge in [0.15, 0.2) is 0 Å². The van der Waals surface area contributed by atoms with E-state index in [1.807, 2.05) is 72.8 Å². The molecule has 0 unspecified atom stereocenters. The summed E-state index contributed by atoms with van der Waals surface area (Å²) in [5.74, 6) is 1.01. The predicted octanol–water partition coefficient (Wildman–Crippen LogP) is 8.83. The van der Waals surface area contributed by atoms with Gasteiger partial charge in [0.1, 0.15) is 17.2 Å². The number of fused-ring (bicyclic) bond motifs is 3. The van der Waals surface area contributed by atoms with Crippen molar-refractivity contribution >= 4 is 39.1 Å². The Morgan fingerprint density at radius 2 is 1.55 bits per heavy atom. The van der Waals surface area contributed by atoms with Crippen molar-refractivity contribution in [2.24, 2.45) is 0 Å². The maximum absolute atomic E-state index is 10.8. The van der Waals surface area contributed by atoms with Crippen LogP contribution in [0.1, 0.15) is 11.1 Å². The van der Waals surface area contributed by atoms with Crippen molar-refractivity contribution in [2.75, 3.05) is 4.90 Å². The molecule has 0 aliphatic heterocycles. The number of hydrogen-bond donors (Lipinski definition) is 1. The van der Waals surface area contributed by atoms with Gasteiger partial charge in [0.2, 0.25) is 0 Å². The van der Waals surface area contributed by atoms with Gasteiger partial charge in [-0.15, -0.1) is 29.8 Å². The van der Waals surface area contributed by atoms with Crippen LogP contribution in [0.2, 0.25) is 0 Å². The molecule has 4 aromatic carbocycles. The first-order chi connectivity index (χ1) is 20.1. The number of para-hydroxylation sites is 3. The van der Waals surface area contributed by atoms with Gasteiger partial charge >= 0.3 is 0 Å². The number of hydrogen-bond acceptors (Lipinski definition) is 4. The number of nitrogens with zero attached hydrogens (tertiary/aromatic N) is 4. The number of anilines is 3. The van der Waals surface area contributed by atoms with Gasteiger partial charge in [-0.3, -0.25) is 9.55 Å². The Bertz CT molecular complexity index is 2000. The van der Waals surface area contributed by atoms with Crippen LogP contribution in [0.4, 0.5) is 17.2 Å². The van der Waals surface area contributed by atoms with E-state index in [4.69, 9.17) is 4.98 Å². The van der Waals surface area contributed by atoms with Gasteiger partial charge in [0, 0.05) is 43.7 Å². The van der Waals surface area contributed by atoms with Crippen molar-refractivity contribution in [2.45, 2.75) is 13.8 Å². The van der Waals surface area contributed by atoms with Crippen molar-refractivity contribution in [1.29, 1.82) is 0 Å². The van der Waals surface area contributed by atoms with E-state index in [0.717, 1.165) is 55.9 Å². The normalized spacial score (nSPS) is 11.0. The van der Waals surface area contributed by atoms with Gasteiger partial charge in [-0.25, -0.2) is 4.98 Å². The van der Waals surface area contributed by atoms with Crippen molar-refractivity contribution in [3.05, 3.63) is 139 Å². The van der Waals surface area contributed by atoms with Crippen molar-refractivity contribution < 1.29 is 26.2 Å². The van der Waals surface area contributed by atoms with Crippen LogP contribution in [0, 0.1) is 19.9 Å². The molecule has 0 radical (unpaired) electrons. The summed E-state index contributed by atoms with van der Waals surface area (Å²) < 4.78 is 2.05. The number of pyridine rings is 2. The van der Waals surface area contributed by atoms with Crippen LogP contribution >= 0.6 is 0 Å². The zero-order chi connectivity index (χ0) is 27.9. The first-order valence-corrected chi connectivity index (χ1v) is 13.6. The molecule has 3 aromatic heterocycles. The second kappa shape index (κ2) is 11.3. The molecule has 7 rings (SSSR count). The molecule has 7 aromatic rings. The molecule has 1 N–H and O–H groups in total. The third-order valence-corrected chi connectivity index (χ3v) is 7.38. The first-order valence-electron chi connectivity index (χ1n) is 13.6. The van der Waals surface area contributed by atoms with Gasteiger partial charge in [0.25, 0.3) is 0 Å². The molecule has 0 bridgehead atoms. The van der Waals surface area contributed by atoms with Crippen LogP contribution in [0.5, 0.6) is 5.75 Å². The number of aryl methyl sites for hydroxylation is 2. The molecular weight excluding hydrogens is 700 g/mol. The Labute approximate surface area is 259 Å². The van der Waals surface area contributed by atoms with Crippen LogP contribution in [0.25, 0.3) is 38.9 Å². The monoisotopic (exact) mass is 726 g/mol. The van der Waals surface area contributed by atoms with E-state index in [1.54, 1.807) is 12.3 Å². The SMILES string of the molecule is Cc1ccc2c(c1)c1cc(C)c(-c3[c-]c(N(c4ccccc4)c4ccccn4)ccc3)nc1n2-c1ccccc1O.[Pt]. The second-order valence-corrected chi connectivity index (χ2v) is 10.2. The third kappa shape index (κ3) is 4.76. The first kappa shape index (κ1) is 27.4. The quantitative estimate of drug-likeness (QED) is 0.180. The minimum Gasteiger partial charge on any atom is -0.506 e. The van der Waals surface area contributed by atoms with E-state index < -0.39 is 0 Å². The fourth-order valence-corrected chi connectivity index (χ4v) is 5.50. The summed E-state index contributed by atoms with van der Waals surface area (Å²) in [5, 5.41) is 13.0. The van der Waals surface area contributed by atoms with Crippen LogP contribution in [0.3, 0.4) is 0 Å². The average molecular weight is 727 g/mol. The molecule has 3 heterocycles. The number of rotatable bonds is 5. The number of phenols is 1. The number of phenolic OH excluding ortho intramolecular Hbond substituents is 1. The van der Waals surface area contributed by atoms with Gasteiger partial charge in [-0.1, -0.05) is 59.7 Å². The van der Waals surface area contributed by atoms with Crippen molar-refractivity contribution in [1.82, 2.24) is 14.5 Å². The maximum atomic E-state index is 10.8. The van der Waals surface area contributed by atoms with Crippen LogP contribution < -0.4 is 4.90 Å². The largest absolute Gasteiger partial charge is 0.506 e. The third-order valence-electron chi connectivity index (χ3n) is 7.38. The van der Waals surface area contributed by atoms with E-state index in [1.165, 1.54) is 5.56 Å². The Kier molecular flexibility index (Phi) is 7.36. The second-order valence-electron chi connectivity index (χ2n) is 10.2. The van der Waals surface area contributed by atoms with Gasteiger partial charge in [-0.05, 0) is 73.8 Å². The minimum absolute atomic E-state index is 0. The molecule has 0 aliphatic rings. The summed E-state index contributed by atoms with van der Waals surface area (Å²) in [5.41, 5.74) is 8.28. The molecule has 0 aliphatic carbocycles. The molecule has 0 saturated heterocycles. The maximum Gasteiger partial charge on any atom is 0.139 e. The number of aromatic hydroxyl groups is 1. The Morgan fingerprint density at radius 3 is 2.33 bits per heavy atom. The zero-order valence-corrected chi connectivity index (χ0v) is 25.4. The minimum atomic E-state index is 0. The number of benzene rings is 4. The molecule has 0 spiro atoms. The summed E-state index contributed by atoms with van der Waals surface area (Å²) in [6.07, 6.45) is 1.80. The van der Waals surface area contributed by atoms with E-state index >= 15 is 0 Å². The molecule has 5 nitrogen and oxygen atoms in total. The molecule has 208 valence electrons. The average Bonchev–Trinajstić information content (AvgIpc) is 3.30. The van der Waals surface area contributed by atoms with E-state index in [9.17, 15) is 5.11 Å². The Balaban J connectivity index is 0.00000316. The molecular formula is C36H27N4OPt-. The molecule has 42 heavy (non-hydrogen) atoms. The van der Waals surface area contributed by atoms with Crippen LogP contribution in [0.15, 0.2) is 121 Å². The standard InChI is InChI=1S/C36H27N4O.Pt/c1-24-18-19-31-29(21-24)30-22-25(2)35(38-36(30)40(31)32-15-6-7-16-33(32)41)26-11-10-14-28(23-26)39(27-12-4-3-5-13-27)34-17-8-9-20-37-34;/h3-22,41H,1-2H3;/q-1;. The molecule has 0 atom stereocenters. The molecule has 0 fully saturated rings. The van der Waals surface area contributed by atoms with Gasteiger partial charge in [-0.2, -0.15) is 0 Å². The van der Waals surface area contributed by atoms with Crippen molar-refractivity contribution in [3.8, 4) is 22.7 Å². The van der Waals surface area contributed by atoms with Crippen LogP contribution in [-0.2, 0) is 21.1 Å². The molecule has 6 heteroatoms. The summed E-state index contributed by atoms with van der Waals surface area (Å²) >= 11 is 0.